The average molecular weight is 251 g/mol. The molecule has 18 heavy (non-hydrogen) atoms. The Balaban J connectivity index is 2.67. The van der Waals surface area contributed by atoms with Crippen molar-refractivity contribution in [3.63, 3.8) is 0 Å². The van der Waals surface area contributed by atoms with Gasteiger partial charge in [0.25, 0.3) is 0 Å². The minimum atomic E-state index is -0.693. The van der Waals surface area contributed by atoms with Gasteiger partial charge in [0.15, 0.2) is 0 Å². The van der Waals surface area contributed by atoms with Gasteiger partial charge in [0.1, 0.15) is 12.4 Å². The van der Waals surface area contributed by atoms with Crippen molar-refractivity contribution in [1.29, 1.82) is 0 Å². The van der Waals surface area contributed by atoms with Crippen LogP contribution in [0.5, 0.6) is 5.75 Å². The van der Waals surface area contributed by atoms with Crippen molar-refractivity contribution in [2.75, 3.05) is 13.2 Å². The lowest BCUT2D eigenvalue weighted by Crippen LogP contribution is -2.45. The Morgan fingerprint density at radius 3 is 2.17 bits per heavy atom. The Kier molecular flexibility index (Phi) is 4.77. The Hall–Kier alpha value is -1.06. The molecule has 1 unspecified atom stereocenters. The number of hydrogen-bond donors (Lipinski definition) is 2. The van der Waals surface area contributed by atoms with E-state index >= 15 is 0 Å². The molecule has 0 saturated heterocycles. The molecule has 3 heteroatoms. The molecule has 0 amide bonds. The number of rotatable bonds is 6. The van der Waals surface area contributed by atoms with Gasteiger partial charge >= 0.3 is 0 Å². The SMILES string of the molecule is CCC(C)(C)c1ccc(OCC(C)(N)CO)cc1. The van der Waals surface area contributed by atoms with Crippen LogP contribution in [0.4, 0.5) is 0 Å². The van der Waals surface area contributed by atoms with E-state index in [0.29, 0.717) is 6.61 Å². The zero-order valence-corrected chi connectivity index (χ0v) is 11.9. The van der Waals surface area contributed by atoms with Crippen LogP contribution in [0.2, 0.25) is 0 Å². The summed E-state index contributed by atoms with van der Waals surface area (Å²) in [7, 11) is 0. The van der Waals surface area contributed by atoms with Crippen molar-refractivity contribution >= 4 is 0 Å². The fourth-order valence-electron chi connectivity index (χ4n) is 1.50. The number of ether oxygens (including phenoxy) is 1. The number of hydrogen-bond acceptors (Lipinski definition) is 3. The van der Waals surface area contributed by atoms with E-state index < -0.39 is 5.54 Å². The monoisotopic (exact) mass is 251 g/mol. The van der Waals surface area contributed by atoms with E-state index in [-0.39, 0.29) is 12.0 Å². The molecule has 0 aromatic heterocycles. The van der Waals surface area contributed by atoms with Crippen molar-refractivity contribution in [3.05, 3.63) is 29.8 Å². The first-order valence-corrected chi connectivity index (χ1v) is 6.44. The zero-order valence-electron chi connectivity index (χ0n) is 11.9. The summed E-state index contributed by atoms with van der Waals surface area (Å²) in [4.78, 5) is 0. The molecule has 102 valence electrons. The molecule has 0 spiro atoms. The summed E-state index contributed by atoms with van der Waals surface area (Å²) in [6, 6.07) is 8.09. The lowest BCUT2D eigenvalue weighted by Gasteiger charge is -2.24. The predicted molar refractivity (Wildman–Crippen MR) is 74.9 cm³/mol. The first-order valence-electron chi connectivity index (χ1n) is 6.44. The van der Waals surface area contributed by atoms with Gasteiger partial charge in [0.05, 0.1) is 12.1 Å². The molecule has 0 saturated carbocycles. The highest BCUT2D eigenvalue weighted by molar-refractivity contribution is 5.31. The van der Waals surface area contributed by atoms with Crippen LogP contribution in [0.1, 0.15) is 39.7 Å². The third-order valence-corrected chi connectivity index (χ3v) is 3.45. The zero-order chi connectivity index (χ0) is 13.8. The fourth-order valence-corrected chi connectivity index (χ4v) is 1.50. The minimum absolute atomic E-state index is 0.0893. The van der Waals surface area contributed by atoms with E-state index in [1.54, 1.807) is 6.92 Å². The fraction of sp³-hybridized carbons (Fsp3) is 0.600. The van der Waals surface area contributed by atoms with Crippen LogP contribution in [0, 0.1) is 0 Å². The summed E-state index contributed by atoms with van der Waals surface area (Å²) in [6.45, 7) is 8.62. The van der Waals surface area contributed by atoms with Crippen LogP contribution >= 0.6 is 0 Å². The molecule has 0 radical (unpaired) electrons. The van der Waals surface area contributed by atoms with Gasteiger partial charge in [-0.15, -0.1) is 0 Å². The molecule has 0 aliphatic carbocycles. The molecule has 0 fully saturated rings. The first kappa shape index (κ1) is 15.0. The van der Waals surface area contributed by atoms with Crippen LogP contribution in [-0.2, 0) is 5.41 Å². The number of aliphatic hydroxyl groups is 1. The van der Waals surface area contributed by atoms with Crippen molar-refractivity contribution in [2.45, 2.75) is 45.1 Å². The van der Waals surface area contributed by atoms with Crippen molar-refractivity contribution in [1.82, 2.24) is 0 Å². The topological polar surface area (TPSA) is 55.5 Å². The molecule has 3 N–H and O–H groups in total. The Bertz CT molecular complexity index is 369. The van der Waals surface area contributed by atoms with Gasteiger partial charge < -0.3 is 15.6 Å². The van der Waals surface area contributed by atoms with Gasteiger partial charge in [-0.2, -0.15) is 0 Å². The number of aliphatic hydroxyl groups excluding tert-OH is 1. The normalized spacial score (nSPS) is 15.2. The first-order chi connectivity index (χ1) is 8.30. The van der Waals surface area contributed by atoms with Crippen LogP contribution < -0.4 is 10.5 Å². The van der Waals surface area contributed by atoms with Gasteiger partial charge in [-0.1, -0.05) is 32.9 Å². The van der Waals surface area contributed by atoms with E-state index in [4.69, 9.17) is 15.6 Å². The molecule has 0 aliphatic rings. The molecule has 1 rings (SSSR count). The second-order valence-electron chi connectivity index (χ2n) is 5.86. The summed E-state index contributed by atoms with van der Waals surface area (Å²) in [5.41, 5.74) is 6.60. The molecule has 0 heterocycles. The quantitative estimate of drug-likeness (QED) is 0.816. The molecule has 0 aliphatic heterocycles. The highest BCUT2D eigenvalue weighted by atomic mass is 16.5. The van der Waals surface area contributed by atoms with Crippen molar-refractivity contribution in [3.8, 4) is 5.75 Å². The standard InChI is InChI=1S/C15H25NO2/c1-5-14(2,3)12-6-8-13(9-7-12)18-11-15(4,16)10-17/h6-9,17H,5,10-11,16H2,1-4H3. The Morgan fingerprint density at radius 1 is 1.17 bits per heavy atom. The van der Waals surface area contributed by atoms with Gasteiger partial charge in [0.2, 0.25) is 0 Å². The predicted octanol–water partition coefficient (Wildman–Crippen LogP) is 2.46. The second kappa shape index (κ2) is 5.72. The summed E-state index contributed by atoms with van der Waals surface area (Å²) < 4.78 is 5.58. The lowest BCUT2D eigenvalue weighted by molar-refractivity contribution is 0.146. The molecular weight excluding hydrogens is 226 g/mol. The highest BCUT2D eigenvalue weighted by Crippen LogP contribution is 2.28. The Labute approximate surface area is 110 Å². The molecule has 1 atom stereocenters. The van der Waals surface area contributed by atoms with Gasteiger partial charge in [-0.3, -0.25) is 0 Å². The number of benzene rings is 1. The average Bonchev–Trinajstić information content (AvgIpc) is 2.37. The van der Waals surface area contributed by atoms with Crippen LogP contribution in [-0.4, -0.2) is 23.9 Å². The molecule has 1 aromatic carbocycles. The van der Waals surface area contributed by atoms with Crippen molar-refractivity contribution < 1.29 is 9.84 Å². The maximum atomic E-state index is 9.05. The van der Waals surface area contributed by atoms with E-state index in [2.05, 4.69) is 32.9 Å². The summed E-state index contributed by atoms with van der Waals surface area (Å²) in [5.74, 6) is 0.788. The van der Waals surface area contributed by atoms with Crippen molar-refractivity contribution in [2.24, 2.45) is 5.73 Å². The van der Waals surface area contributed by atoms with Gasteiger partial charge in [0, 0.05) is 0 Å². The molecular formula is C15H25NO2. The molecule has 1 aromatic rings. The van der Waals surface area contributed by atoms with Crippen LogP contribution in [0.15, 0.2) is 24.3 Å². The largest absolute Gasteiger partial charge is 0.492 e. The third-order valence-electron chi connectivity index (χ3n) is 3.45. The molecule has 0 bridgehead atoms. The maximum absolute atomic E-state index is 9.05. The molecule has 3 nitrogen and oxygen atoms in total. The van der Waals surface area contributed by atoms with E-state index in [9.17, 15) is 0 Å². The number of nitrogens with two attached hydrogens (primary N) is 1. The van der Waals surface area contributed by atoms with Gasteiger partial charge in [-0.05, 0) is 36.5 Å². The van der Waals surface area contributed by atoms with Gasteiger partial charge in [-0.25, -0.2) is 0 Å². The van der Waals surface area contributed by atoms with Crippen LogP contribution in [0.3, 0.4) is 0 Å². The third kappa shape index (κ3) is 4.00. The van der Waals surface area contributed by atoms with E-state index in [1.807, 2.05) is 12.1 Å². The van der Waals surface area contributed by atoms with E-state index in [0.717, 1.165) is 12.2 Å². The summed E-state index contributed by atoms with van der Waals surface area (Å²) >= 11 is 0. The lowest BCUT2D eigenvalue weighted by atomic mass is 9.82. The summed E-state index contributed by atoms with van der Waals surface area (Å²) in [5, 5.41) is 9.05. The minimum Gasteiger partial charge on any atom is -0.492 e. The van der Waals surface area contributed by atoms with Crippen LogP contribution in [0.25, 0.3) is 0 Å². The smallest absolute Gasteiger partial charge is 0.119 e. The Morgan fingerprint density at radius 2 is 1.72 bits per heavy atom. The highest BCUT2D eigenvalue weighted by Gasteiger charge is 2.19. The second-order valence-corrected chi connectivity index (χ2v) is 5.86. The summed E-state index contributed by atoms with van der Waals surface area (Å²) in [6.07, 6.45) is 1.10. The van der Waals surface area contributed by atoms with E-state index in [1.165, 1.54) is 5.56 Å². The maximum Gasteiger partial charge on any atom is 0.119 e.